The fourth-order valence-electron chi connectivity index (χ4n) is 6.44. The summed E-state index contributed by atoms with van der Waals surface area (Å²) >= 11 is 0. The topological polar surface area (TPSA) is 53.9 Å². The summed E-state index contributed by atoms with van der Waals surface area (Å²) in [5.41, 5.74) is 5.62. The number of aryl methyl sites for hydroxylation is 1. The second-order valence-corrected chi connectivity index (χ2v) is 10.1. The molecule has 5 heteroatoms. The molecular formula is C26H34N4O. The highest BCUT2D eigenvalue weighted by molar-refractivity contribution is 5.96. The minimum atomic E-state index is 0.112. The summed E-state index contributed by atoms with van der Waals surface area (Å²) < 4.78 is 2.14. The van der Waals surface area contributed by atoms with E-state index in [0.717, 1.165) is 48.8 Å². The molecule has 0 amide bonds. The summed E-state index contributed by atoms with van der Waals surface area (Å²) in [7, 11) is 0. The van der Waals surface area contributed by atoms with E-state index in [-0.39, 0.29) is 5.56 Å². The van der Waals surface area contributed by atoms with Crippen molar-refractivity contribution in [2.45, 2.75) is 83.2 Å². The molecule has 1 unspecified atom stereocenters. The van der Waals surface area contributed by atoms with Crippen LogP contribution in [0.4, 0.5) is 0 Å². The molecule has 0 aromatic carbocycles. The molecule has 1 atom stereocenters. The van der Waals surface area contributed by atoms with Gasteiger partial charge in [0.05, 0.1) is 0 Å². The SMILES string of the molecule is O=c1[nH]c2c(c(C3=CC=C3)nn2CC2CCCN(C3CCCCC3)C2)c2c1CCCC2. The monoisotopic (exact) mass is 418 g/mol. The van der Waals surface area contributed by atoms with Crippen LogP contribution in [0, 0.1) is 5.92 Å². The lowest BCUT2D eigenvalue weighted by Gasteiger charge is -2.40. The van der Waals surface area contributed by atoms with E-state index in [1.54, 1.807) is 0 Å². The summed E-state index contributed by atoms with van der Waals surface area (Å²) in [5.74, 6) is 0.608. The molecule has 0 radical (unpaired) electrons. The van der Waals surface area contributed by atoms with E-state index < -0.39 is 0 Å². The molecule has 1 aliphatic heterocycles. The number of likely N-dealkylation sites (tertiary alicyclic amines) is 1. The Morgan fingerprint density at radius 3 is 2.58 bits per heavy atom. The van der Waals surface area contributed by atoms with E-state index in [1.165, 1.54) is 81.0 Å². The fourth-order valence-corrected chi connectivity index (χ4v) is 6.44. The third kappa shape index (κ3) is 3.51. The van der Waals surface area contributed by atoms with E-state index in [2.05, 4.69) is 32.8 Å². The van der Waals surface area contributed by atoms with Crippen LogP contribution < -0.4 is 5.56 Å². The van der Waals surface area contributed by atoms with Gasteiger partial charge in [0.2, 0.25) is 0 Å². The average Bonchev–Trinajstić information content (AvgIpc) is 3.11. The smallest absolute Gasteiger partial charge is 0.253 e. The third-order valence-electron chi connectivity index (χ3n) is 8.13. The van der Waals surface area contributed by atoms with Crippen LogP contribution in [0.1, 0.15) is 74.6 Å². The number of rotatable bonds is 4. The predicted octanol–water partition coefficient (Wildman–Crippen LogP) is 4.60. The number of pyridine rings is 1. The standard InChI is InChI=1S/C26H34N4O/c31-26-22-14-5-4-13-21(22)23-24(19-9-6-10-19)28-30(25(23)27-26)17-18-8-7-15-29(16-18)20-11-2-1-3-12-20/h6,9-10,18,20H,1-5,7-8,11-17H2,(H,27,31). The third-order valence-corrected chi connectivity index (χ3v) is 8.13. The number of hydrogen-bond donors (Lipinski definition) is 1. The van der Waals surface area contributed by atoms with Gasteiger partial charge in [0.1, 0.15) is 11.3 Å². The van der Waals surface area contributed by atoms with Crippen molar-refractivity contribution in [3.05, 3.63) is 45.4 Å². The number of H-pyrrole nitrogens is 1. The maximum absolute atomic E-state index is 12.9. The van der Waals surface area contributed by atoms with Crippen molar-refractivity contribution in [1.82, 2.24) is 19.7 Å². The molecule has 1 saturated heterocycles. The minimum absolute atomic E-state index is 0.112. The number of aromatic amines is 1. The lowest BCUT2D eigenvalue weighted by atomic mass is 9.89. The molecule has 1 saturated carbocycles. The van der Waals surface area contributed by atoms with Gasteiger partial charge in [0.25, 0.3) is 5.56 Å². The van der Waals surface area contributed by atoms with Crippen molar-refractivity contribution in [3.63, 3.8) is 0 Å². The van der Waals surface area contributed by atoms with Gasteiger partial charge in [-0.2, -0.15) is 5.10 Å². The normalized spacial score (nSPS) is 24.8. The molecule has 0 bridgehead atoms. The Labute approximate surface area is 184 Å². The highest BCUT2D eigenvalue weighted by atomic mass is 16.1. The Bertz CT molecular complexity index is 1100. The maximum Gasteiger partial charge on any atom is 0.253 e. The summed E-state index contributed by atoms with van der Waals surface area (Å²) in [4.78, 5) is 18.9. The van der Waals surface area contributed by atoms with Gasteiger partial charge in [-0.25, -0.2) is 4.68 Å². The molecule has 4 aliphatic rings. The number of hydrogen-bond acceptors (Lipinski definition) is 3. The van der Waals surface area contributed by atoms with Gasteiger partial charge in [-0.05, 0) is 69.4 Å². The van der Waals surface area contributed by atoms with Crippen LogP contribution in [-0.2, 0) is 19.4 Å². The molecule has 2 aromatic rings. The first-order valence-corrected chi connectivity index (χ1v) is 12.6. The summed E-state index contributed by atoms with van der Waals surface area (Å²) in [5, 5.41) is 6.31. The zero-order valence-electron chi connectivity index (χ0n) is 18.5. The number of allylic oxidation sites excluding steroid dienone is 4. The van der Waals surface area contributed by atoms with Gasteiger partial charge in [0.15, 0.2) is 0 Å². The van der Waals surface area contributed by atoms with Gasteiger partial charge < -0.3 is 9.88 Å². The van der Waals surface area contributed by atoms with Gasteiger partial charge in [0, 0.05) is 35.7 Å². The summed E-state index contributed by atoms with van der Waals surface area (Å²) in [6.07, 6.45) is 20.1. The summed E-state index contributed by atoms with van der Waals surface area (Å²) in [6, 6.07) is 0.790. The molecular weight excluding hydrogens is 384 g/mol. The predicted molar refractivity (Wildman–Crippen MR) is 125 cm³/mol. The minimum Gasteiger partial charge on any atom is -0.307 e. The van der Waals surface area contributed by atoms with Crippen LogP contribution >= 0.6 is 0 Å². The number of nitrogens with one attached hydrogen (secondary N) is 1. The molecule has 6 rings (SSSR count). The zero-order chi connectivity index (χ0) is 20.8. The first-order chi connectivity index (χ1) is 15.3. The number of fused-ring (bicyclic) bond motifs is 3. The highest BCUT2D eigenvalue weighted by Crippen LogP contribution is 2.35. The van der Waals surface area contributed by atoms with E-state index in [4.69, 9.17) is 5.10 Å². The lowest BCUT2D eigenvalue weighted by molar-refractivity contribution is 0.0914. The van der Waals surface area contributed by atoms with E-state index in [0.29, 0.717) is 5.92 Å². The lowest BCUT2D eigenvalue weighted by Crippen LogP contribution is -2.44. The molecule has 3 aliphatic carbocycles. The van der Waals surface area contributed by atoms with Crippen LogP contribution in [0.3, 0.4) is 0 Å². The van der Waals surface area contributed by atoms with Gasteiger partial charge >= 0.3 is 0 Å². The van der Waals surface area contributed by atoms with Crippen molar-refractivity contribution in [3.8, 4) is 0 Å². The maximum atomic E-state index is 12.9. The fraction of sp³-hybridized carbons (Fsp3) is 0.615. The Morgan fingerprint density at radius 2 is 1.81 bits per heavy atom. The Hall–Kier alpha value is -2.14. The van der Waals surface area contributed by atoms with Crippen molar-refractivity contribution >= 4 is 16.6 Å². The van der Waals surface area contributed by atoms with E-state index in [9.17, 15) is 4.79 Å². The van der Waals surface area contributed by atoms with Gasteiger partial charge in [-0.15, -0.1) is 0 Å². The molecule has 5 nitrogen and oxygen atoms in total. The summed E-state index contributed by atoms with van der Waals surface area (Å²) in [6.45, 7) is 3.35. The highest BCUT2D eigenvalue weighted by Gasteiger charge is 2.29. The molecule has 0 spiro atoms. The van der Waals surface area contributed by atoms with Crippen molar-refractivity contribution in [1.29, 1.82) is 0 Å². The number of piperidine rings is 1. The Balaban J connectivity index is 1.34. The van der Waals surface area contributed by atoms with Crippen molar-refractivity contribution in [2.75, 3.05) is 13.1 Å². The molecule has 164 valence electrons. The van der Waals surface area contributed by atoms with E-state index >= 15 is 0 Å². The van der Waals surface area contributed by atoms with Crippen LogP contribution in [-0.4, -0.2) is 38.8 Å². The Morgan fingerprint density at radius 1 is 1.00 bits per heavy atom. The molecule has 2 fully saturated rings. The molecule has 31 heavy (non-hydrogen) atoms. The molecule has 2 aromatic heterocycles. The zero-order valence-corrected chi connectivity index (χ0v) is 18.5. The average molecular weight is 419 g/mol. The first kappa shape index (κ1) is 19.5. The molecule has 3 heterocycles. The number of aromatic nitrogens is 3. The van der Waals surface area contributed by atoms with Crippen molar-refractivity contribution in [2.24, 2.45) is 5.92 Å². The molecule has 1 N–H and O–H groups in total. The quantitative estimate of drug-likeness (QED) is 0.789. The van der Waals surface area contributed by atoms with E-state index in [1.807, 2.05) is 0 Å². The van der Waals surface area contributed by atoms with Crippen LogP contribution in [0.2, 0.25) is 0 Å². The number of nitrogens with zero attached hydrogens (tertiary/aromatic N) is 3. The second-order valence-electron chi connectivity index (χ2n) is 10.1. The second kappa shape index (κ2) is 8.09. The van der Waals surface area contributed by atoms with Crippen LogP contribution in [0.15, 0.2) is 23.0 Å². The first-order valence-electron chi connectivity index (χ1n) is 12.6. The largest absolute Gasteiger partial charge is 0.307 e. The van der Waals surface area contributed by atoms with Crippen LogP contribution in [0.5, 0.6) is 0 Å². The van der Waals surface area contributed by atoms with Crippen LogP contribution in [0.25, 0.3) is 16.6 Å². The Kier molecular flexibility index (Phi) is 5.10. The van der Waals surface area contributed by atoms with Crippen molar-refractivity contribution < 1.29 is 0 Å². The van der Waals surface area contributed by atoms with Gasteiger partial charge in [-0.1, -0.05) is 37.5 Å². The van der Waals surface area contributed by atoms with Gasteiger partial charge in [-0.3, -0.25) is 4.79 Å².